The van der Waals surface area contributed by atoms with Crippen LogP contribution in [0, 0.1) is 5.82 Å². The van der Waals surface area contributed by atoms with E-state index in [1.807, 2.05) is 18.2 Å². The van der Waals surface area contributed by atoms with E-state index in [9.17, 15) is 4.39 Å². The fourth-order valence-corrected chi connectivity index (χ4v) is 2.96. The average molecular weight is 329 g/mol. The highest BCUT2D eigenvalue weighted by molar-refractivity contribution is 5.30. The third-order valence-electron chi connectivity index (χ3n) is 4.28. The van der Waals surface area contributed by atoms with Crippen molar-refractivity contribution in [1.82, 2.24) is 4.90 Å². The fourth-order valence-electron chi connectivity index (χ4n) is 2.96. The summed E-state index contributed by atoms with van der Waals surface area (Å²) in [5.74, 6) is -0.224. The minimum Gasteiger partial charge on any atom is -0.379 e. The van der Waals surface area contributed by atoms with Gasteiger partial charge >= 0.3 is 0 Å². The summed E-state index contributed by atoms with van der Waals surface area (Å²) in [5.41, 5.74) is 2.07. The van der Waals surface area contributed by atoms with Crippen LogP contribution in [0.15, 0.2) is 54.6 Å². The molecule has 0 spiro atoms. The molecule has 0 amide bonds. The molecule has 0 aromatic heterocycles. The van der Waals surface area contributed by atoms with Crippen LogP contribution in [0.1, 0.15) is 23.7 Å². The van der Waals surface area contributed by atoms with Crippen molar-refractivity contribution >= 4 is 0 Å². The monoisotopic (exact) mass is 329 g/mol. The lowest BCUT2D eigenvalue weighted by atomic mass is 10.0. The van der Waals surface area contributed by atoms with Crippen molar-refractivity contribution in [2.24, 2.45) is 0 Å². The highest BCUT2D eigenvalue weighted by atomic mass is 19.1. The first kappa shape index (κ1) is 17.1. The Morgan fingerprint density at radius 2 is 1.62 bits per heavy atom. The Labute approximate surface area is 143 Å². The first-order chi connectivity index (χ1) is 11.8. The van der Waals surface area contributed by atoms with Gasteiger partial charge < -0.3 is 9.47 Å². The molecule has 0 saturated carbocycles. The summed E-state index contributed by atoms with van der Waals surface area (Å²) in [7, 11) is 0. The summed E-state index contributed by atoms with van der Waals surface area (Å²) < 4.78 is 24.7. The minimum atomic E-state index is -0.224. The molecule has 4 heteroatoms. The van der Waals surface area contributed by atoms with Crippen molar-refractivity contribution < 1.29 is 13.9 Å². The van der Waals surface area contributed by atoms with E-state index in [2.05, 4.69) is 17.0 Å². The van der Waals surface area contributed by atoms with Crippen molar-refractivity contribution in [3.05, 3.63) is 71.5 Å². The molecule has 0 N–H and O–H groups in total. The molecule has 2 aromatic carbocycles. The first-order valence-electron chi connectivity index (χ1n) is 8.55. The van der Waals surface area contributed by atoms with Gasteiger partial charge in [-0.25, -0.2) is 4.39 Å². The van der Waals surface area contributed by atoms with Crippen molar-refractivity contribution in [2.45, 2.75) is 12.5 Å². The molecular weight excluding hydrogens is 305 g/mol. The molecule has 1 saturated heterocycles. The van der Waals surface area contributed by atoms with Crippen LogP contribution in [0.2, 0.25) is 0 Å². The zero-order chi connectivity index (χ0) is 16.6. The van der Waals surface area contributed by atoms with Crippen LogP contribution < -0.4 is 0 Å². The molecule has 1 fully saturated rings. The third kappa shape index (κ3) is 4.87. The van der Waals surface area contributed by atoms with E-state index in [0.29, 0.717) is 6.61 Å². The quantitative estimate of drug-likeness (QED) is 0.724. The van der Waals surface area contributed by atoms with E-state index in [0.717, 1.165) is 50.4 Å². The zero-order valence-corrected chi connectivity index (χ0v) is 13.9. The predicted molar refractivity (Wildman–Crippen MR) is 92.5 cm³/mol. The van der Waals surface area contributed by atoms with E-state index in [4.69, 9.17) is 9.47 Å². The molecular formula is C20H24FNO2. The molecule has 2 aromatic rings. The predicted octanol–water partition coefficient (Wildman–Crippen LogP) is 3.65. The van der Waals surface area contributed by atoms with Crippen molar-refractivity contribution in [2.75, 3.05) is 39.5 Å². The smallest absolute Gasteiger partial charge is 0.123 e. The second kappa shape index (κ2) is 8.92. The molecule has 24 heavy (non-hydrogen) atoms. The van der Waals surface area contributed by atoms with Crippen LogP contribution in [0.5, 0.6) is 0 Å². The average Bonchev–Trinajstić information content (AvgIpc) is 2.64. The van der Waals surface area contributed by atoms with Gasteiger partial charge in [0.15, 0.2) is 0 Å². The number of hydrogen-bond acceptors (Lipinski definition) is 3. The Balaban J connectivity index is 1.59. The number of hydrogen-bond donors (Lipinski definition) is 0. The summed E-state index contributed by atoms with van der Waals surface area (Å²) in [5, 5.41) is 0. The SMILES string of the molecule is Fc1ccc(C(OCCCN2CCOCC2)c2ccccc2)cc1. The van der Waals surface area contributed by atoms with Crippen LogP contribution in [-0.4, -0.2) is 44.4 Å². The van der Waals surface area contributed by atoms with Gasteiger partial charge in [0.05, 0.1) is 13.2 Å². The molecule has 1 unspecified atom stereocenters. The second-order valence-electron chi connectivity index (χ2n) is 6.02. The molecule has 1 atom stereocenters. The summed E-state index contributed by atoms with van der Waals surface area (Å²) in [6.45, 7) is 5.34. The molecule has 0 bridgehead atoms. The van der Waals surface area contributed by atoms with E-state index in [-0.39, 0.29) is 11.9 Å². The van der Waals surface area contributed by atoms with Crippen LogP contribution in [0.3, 0.4) is 0 Å². The lowest BCUT2D eigenvalue weighted by Crippen LogP contribution is -2.37. The maximum Gasteiger partial charge on any atom is 0.123 e. The van der Waals surface area contributed by atoms with Crippen LogP contribution in [-0.2, 0) is 9.47 Å². The molecule has 1 aliphatic heterocycles. The van der Waals surface area contributed by atoms with Gasteiger partial charge in [-0.1, -0.05) is 42.5 Å². The summed E-state index contributed by atoms with van der Waals surface area (Å²) in [6, 6.07) is 16.7. The van der Waals surface area contributed by atoms with Crippen LogP contribution in [0.4, 0.5) is 4.39 Å². The highest BCUT2D eigenvalue weighted by Crippen LogP contribution is 2.26. The number of nitrogens with zero attached hydrogens (tertiary/aromatic N) is 1. The Morgan fingerprint density at radius 1 is 0.958 bits per heavy atom. The topological polar surface area (TPSA) is 21.7 Å². The fraction of sp³-hybridized carbons (Fsp3) is 0.400. The van der Waals surface area contributed by atoms with Gasteiger partial charge in [0, 0.05) is 26.2 Å². The van der Waals surface area contributed by atoms with Crippen LogP contribution in [0.25, 0.3) is 0 Å². The van der Waals surface area contributed by atoms with Gasteiger partial charge in [-0.15, -0.1) is 0 Å². The van der Waals surface area contributed by atoms with Gasteiger partial charge in [-0.2, -0.15) is 0 Å². The summed E-state index contributed by atoms with van der Waals surface area (Å²) in [4.78, 5) is 2.41. The van der Waals surface area contributed by atoms with Crippen molar-refractivity contribution in [1.29, 1.82) is 0 Å². The number of rotatable bonds is 7. The van der Waals surface area contributed by atoms with E-state index < -0.39 is 0 Å². The lowest BCUT2D eigenvalue weighted by molar-refractivity contribution is 0.0267. The summed E-state index contributed by atoms with van der Waals surface area (Å²) >= 11 is 0. The zero-order valence-electron chi connectivity index (χ0n) is 13.9. The van der Waals surface area contributed by atoms with Gasteiger partial charge in [0.2, 0.25) is 0 Å². The molecule has 3 rings (SSSR count). The number of ether oxygens (including phenoxy) is 2. The molecule has 0 aliphatic carbocycles. The number of halogens is 1. The largest absolute Gasteiger partial charge is 0.379 e. The third-order valence-corrected chi connectivity index (χ3v) is 4.28. The Bertz CT molecular complexity index is 597. The molecule has 1 heterocycles. The maximum absolute atomic E-state index is 13.2. The van der Waals surface area contributed by atoms with Gasteiger partial charge in [0.1, 0.15) is 11.9 Å². The van der Waals surface area contributed by atoms with Gasteiger partial charge in [-0.3, -0.25) is 4.90 Å². The van der Waals surface area contributed by atoms with E-state index in [1.165, 1.54) is 12.1 Å². The molecule has 0 radical (unpaired) electrons. The maximum atomic E-state index is 13.2. The van der Waals surface area contributed by atoms with Gasteiger partial charge in [-0.05, 0) is 29.7 Å². The molecule has 1 aliphatic rings. The van der Waals surface area contributed by atoms with E-state index in [1.54, 1.807) is 12.1 Å². The van der Waals surface area contributed by atoms with Crippen LogP contribution >= 0.6 is 0 Å². The van der Waals surface area contributed by atoms with E-state index >= 15 is 0 Å². The number of morpholine rings is 1. The Morgan fingerprint density at radius 3 is 2.33 bits per heavy atom. The molecule has 128 valence electrons. The van der Waals surface area contributed by atoms with Gasteiger partial charge in [0.25, 0.3) is 0 Å². The minimum absolute atomic E-state index is 0.156. The Kier molecular flexibility index (Phi) is 6.35. The highest BCUT2D eigenvalue weighted by Gasteiger charge is 2.15. The second-order valence-corrected chi connectivity index (χ2v) is 6.02. The molecule has 3 nitrogen and oxygen atoms in total. The Hall–Kier alpha value is -1.75. The normalized spacial score (nSPS) is 16.9. The first-order valence-corrected chi connectivity index (χ1v) is 8.55. The van der Waals surface area contributed by atoms with Crippen molar-refractivity contribution in [3.63, 3.8) is 0 Å². The summed E-state index contributed by atoms with van der Waals surface area (Å²) in [6.07, 6.45) is 0.821. The number of benzene rings is 2. The standard InChI is InChI=1S/C20H24FNO2/c21-19-9-7-18(8-10-19)20(17-5-2-1-3-6-17)24-14-4-11-22-12-15-23-16-13-22/h1-3,5-10,20H,4,11-16H2. The lowest BCUT2D eigenvalue weighted by Gasteiger charge is -2.27. The van der Waals surface area contributed by atoms with Crippen molar-refractivity contribution in [3.8, 4) is 0 Å².